The summed E-state index contributed by atoms with van der Waals surface area (Å²) in [6.45, 7) is 16.0. The Morgan fingerprint density at radius 3 is 1.78 bits per heavy atom. The highest BCUT2D eigenvalue weighted by Crippen LogP contribution is 2.55. The van der Waals surface area contributed by atoms with E-state index < -0.39 is 0 Å². The number of benzene rings is 9. The second-order valence-electron chi connectivity index (χ2n) is 20.9. The summed E-state index contributed by atoms with van der Waals surface area (Å²) in [4.78, 5) is 4.81. The third-order valence-corrected chi connectivity index (χ3v) is 15.9. The number of hydrogen-bond acceptors (Lipinski definition) is 3. The van der Waals surface area contributed by atoms with E-state index in [4.69, 9.17) is 11.6 Å². The van der Waals surface area contributed by atoms with Crippen molar-refractivity contribution < 1.29 is 0 Å². The van der Waals surface area contributed by atoms with Gasteiger partial charge in [0.2, 0.25) is 0 Å². The fourth-order valence-corrected chi connectivity index (χ4v) is 12.5. The Morgan fingerprint density at radius 2 is 1.04 bits per heavy atom. The molecule has 13 rings (SSSR count). The number of para-hydroxylation sites is 4. The van der Waals surface area contributed by atoms with Crippen molar-refractivity contribution in [2.24, 2.45) is 0 Å². The fraction of sp³-hybridized carbons (Fsp3) is 0.143. The summed E-state index contributed by atoms with van der Waals surface area (Å²) >= 11 is 10.0. The van der Waals surface area contributed by atoms with Crippen molar-refractivity contribution in [2.45, 2.75) is 59.3 Å². The molecule has 0 bridgehead atoms. The summed E-state index contributed by atoms with van der Waals surface area (Å²) in [6.07, 6.45) is 0. The summed E-state index contributed by atoms with van der Waals surface area (Å²) in [5, 5.41) is 8.09. The molecule has 0 saturated carbocycles. The van der Waals surface area contributed by atoms with Gasteiger partial charge in [0.25, 0.3) is 0 Å². The van der Waals surface area contributed by atoms with E-state index in [1.165, 1.54) is 74.9 Å². The topological polar surface area (TPSA) is 16.3 Å². The van der Waals surface area contributed by atoms with Crippen LogP contribution in [0.25, 0.3) is 75.2 Å². The van der Waals surface area contributed by atoms with Crippen LogP contribution in [0.4, 0.5) is 34.1 Å². The minimum absolute atomic E-state index is 0.00463. The lowest BCUT2D eigenvalue weighted by Crippen LogP contribution is -2.19. The maximum atomic E-state index is 8.17. The van der Waals surface area contributed by atoms with Crippen LogP contribution in [0.2, 0.25) is 5.02 Å². The summed E-state index contributed by atoms with van der Waals surface area (Å²) < 4.78 is 7.38. The van der Waals surface area contributed by atoms with Crippen molar-refractivity contribution >= 4 is 121 Å². The van der Waals surface area contributed by atoms with Crippen LogP contribution in [0.1, 0.15) is 58.2 Å². The van der Waals surface area contributed by atoms with Gasteiger partial charge in [0.05, 0.1) is 61.2 Å². The second-order valence-corrected chi connectivity index (χ2v) is 22.3. The lowest BCUT2D eigenvalue weighted by atomic mass is 9.85. The Hall–Kier alpha value is -7.31. The van der Waals surface area contributed by atoms with E-state index in [1.54, 1.807) is 0 Å². The maximum absolute atomic E-state index is 8.17. The van der Waals surface area contributed by atoms with E-state index in [-0.39, 0.29) is 10.8 Å². The molecule has 4 heterocycles. The molecule has 0 amide bonds. The molecule has 0 N–H and O–H groups in total. The van der Waals surface area contributed by atoms with E-state index in [1.807, 2.05) is 11.3 Å². The zero-order valence-electron chi connectivity index (χ0n) is 39.9. The number of halogens is 1. The quantitative estimate of drug-likeness (QED) is 0.171. The molecule has 0 radical (unpaired) electrons. The maximum Gasteiger partial charge on any atom is 0.0887 e. The van der Waals surface area contributed by atoms with Crippen molar-refractivity contribution in [1.82, 2.24) is 9.13 Å². The molecule has 3 aromatic heterocycles. The summed E-state index contributed by atoms with van der Waals surface area (Å²) in [5.41, 5.74) is 16.8. The van der Waals surface area contributed by atoms with Crippen LogP contribution in [0.5, 0.6) is 0 Å². The molecule has 12 aromatic rings. The van der Waals surface area contributed by atoms with Gasteiger partial charge in [-0.15, -0.1) is 11.3 Å². The molecule has 0 atom stereocenters. The number of anilines is 6. The van der Waals surface area contributed by atoms with Crippen LogP contribution in [-0.4, -0.2) is 9.13 Å². The molecule has 0 saturated heterocycles. The molecule has 4 nitrogen and oxygen atoms in total. The molecule has 9 aromatic carbocycles. The zero-order valence-corrected chi connectivity index (χ0v) is 41.5. The molecule has 0 fully saturated rings. The Kier molecular flexibility index (Phi) is 9.15. The molecular formula is C63H51ClN4S. The number of rotatable bonds is 5. The van der Waals surface area contributed by atoms with Gasteiger partial charge in [0.1, 0.15) is 0 Å². The Labute approximate surface area is 411 Å². The monoisotopic (exact) mass is 930 g/mol. The first-order valence-electron chi connectivity index (χ1n) is 24.0. The van der Waals surface area contributed by atoms with Crippen LogP contribution in [0.3, 0.4) is 0 Å². The van der Waals surface area contributed by atoms with E-state index in [2.05, 4.69) is 249 Å². The van der Waals surface area contributed by atoms with Gasteiger partial charge in [-0.1, -0.05) is 138 Å². The molecule has 1 aliphatic heterocycles. The Balaban J connectivity index is 1.08. The molecule has 336 valence electrons. The fourth-order valence-electron chi connectivity index (χ4n) is 11.1. The predicted molar refractivity (Wildman–Crippen MR) is 298 cm³/mol. The number of aromatic nitrogens is 2. The molecule has 0 spiro atoms. The first-order chi connectivity index (χ1) is 33.3. The van der Waals surface area contributed by atoms with Crippen molar-refractivity contribution in [1.29, 1.82) is 0 Å². The SMILES string of the molecule is Cc1cc(N(c2cccc(-n3c4ccc(C(C)(C)C)cc4c4cc(C(C)(C)C)ccc43)c2)c2cccc3sc4ccccc4c23)c(Cl)c(N2c3ccccc3-n3c4ccccc4c4cccc2c43)c1. The van der Waals surface area contributed by atoms with Gasteiger partial charge >= 0.3 is 0 Å². The summed E-state index contributed by atoms with van der Waals surface area (Å²) in [6, 6.07) is 67.4. The standard InChI is InChI=1S/C63H51ClN4S/c1-38-33-55(60(64)56(34-38)67-51-23-11-12-24-52(51)68-48-22-10-8-19-43(48)44-21-15-26-54(67)61(44)68)66(53-25-16-28-58-59(53)45-20-9-13-27-57(45)69-58)42-18-14-17-41(37-42)65-49-31-29-39(62(2,3)4)35-46(49)47-36-40(63(5,6)7)30-32-50(47)65/h8-37H,1-7H3. The average molecular weight is 932 g/mol. The minimum Gasteiger partial charge on any atom is -0.309 e. The third kappa shape index (κ3) is 6.33. The minimum atomic E-state index is 0.00463. The zero-order chi connectivity index (χ0) is 47.1. The third-order valence-electron chi connectivity index (χ3n) is 14.4. The predicted octanol–water partition coefficient (Wildman–Crippen LogP) is 19.1. The van der Waals surface area contributed by atoms with E-state index in [0.717, 1.165) is 51.1 Å². The highest BCUT2D eigenvalue weighted by atomic mass is 35.5. The first kappa shape index (κ1) is 41.8. The van der Waals surface area contributed by atoms with Crippen LogP contribution in [-0.2, 0) is 10.8 Å². The van der Waals surface area contributed by atoms with Crippen LogP contribution in [0, 0.1) is 6.92 Å². The Morgan fingerprint density at radius 1 is 0.449 bits per heavy atom. The van der Waals surface area contributed by atoms with Crippen LogP contribution < -0.4 is 9.80 Å². The molecule has 0 aliphatic carbocycles. The van der Waals surface area contributed by atoms with Crippen LogP contribution in [0.15, 0.2) is 182 Å². The smallest absolute Gasteiger partial charge is 0.0887 e. The number of nitrogens with zero attached hydrogens (tertiary/aromatic N) is 4. The van der Waals surface area contributed by atoms with Gasteiger partial charge in [0, 0.05) is 53.1 Å². The highest BCUT2D eigenvalue weighted by Gasteiger charge is 2.32. The van der Waals surface area contributed by atoms with Gasteiger partial charge in [-0.05, 0) is 132 Å². The summed E-state index contributed by atoms with van der Waals surface area (Å²) in [7, 11) is 0. The lowest BCUT2D eigenvalue weighted by Gasteiger charge is -2.35. The highest BCUT2D eigenvalue weighted by molar-refractivity contribution is 7.26. The molecule has 6 heteroatoms. The molecule has 1 aliphatic rings. The average Bonchev–Trinajstić information content (AvgIpc) is 4.01. The van der Waals surface area contributed by atoms with Crippen molar-refractivity contribution in [2.75, 3.05) is 9.80 Å². The molecule has 69 heavy (non-hydrogen) atoms. The van der Waals surface area contributed by atoms with E-state index in [0.29, 0.717) is 5.02 Å². The van der Waals surface area contributed by atoms with E-state index >= 15 is 0 Å². The van der Waals surface area contributed by atoms with Gasteiger partial charge in [-0.3, -0.25) is 0 Å². The molecular weight excluding hydrogens is 880 g/mol. The van der Waals surface area contributed by atoms with Gasteiger partial charge < -0.3 is 18.9 Å². The Bertz CT molecular complexity index is 4030. The van der Waals surface area contributed by atoms with Gasteiger partial charge in [0.15, 0.2) is 0 Å². The van der Waals surface area contributed by atoms with Crippen molar-refractivity contribution in [3.05, 3.63) is 204 Å². The normalized spacial score (nSPS) is 12.9. The lowest BCUT2D eigenvalue weighted by molar-refractivity contribution is 0.590. The van der Waals surface area contributed by atoms with Gasteiger partial charge in [-0.25, -0.2) is 0 Å². The van der Waals surface area contributed by atoms with Gasteiger partial charge in [-0.2, -0.15) is 0 Å². The first-order valence-corrected chi connectivity index (χ1v) is 25.1. The number of hydrogen-bond donors (Lipinski definition) is 0. The second kappa shape index (κ2) is 15.1. The number of fused-ring (bicyclic) bond motifs is 11. The number of aryl methyl sites for hydroxylation is 1. The van der Waals surface area contributed by atoms with Crippen molar-refractivity contribution in [3.8, 4) is 11.4 Å². The van der Waals surface area contributed by atoms with Crippen molar-refractivity contribution in [3.63, 3.8) is 0 Å². The van der Waals surface area contributed by atoms with Crippen LogP contribution >= 0.6 is 22.9 Å². The summed E-state index contributed by atoms with van der Waals surface area (Å²) in [5.74, 6) is 0. The molecule has 0 unspecified atom stereocenters. The number of thiophene rings is 1. The largest absolute Gasteiger partial charge is 0.309 e. The van der Waals surface area contributed by atoms with E-state index in [9.17, 15) is 0 Å².